The van der Waals surface area contributed by atoms with Crippen LogP contribution in [-0.4, -0.2) is 42.3 Å². The van der Waals surface area contributed by atoms with Crippen LogP contribution in [0.15, 0.2) is 24.3 Å². The topological polar surface area (TPSA) is 52.6 Å². The number of aliphatic hydroxyl groups excluding tert-OH is 1. The number of halogens is 1. The quantitative estimate of drug-likeness (QED) is 0.869. The van der Waals surface area contributed by atoms with Gasteiger partial charge >= 0.3 is 6.03 Å². The molecule has 112 valence electrons. The predicted octanol–water partition coefficient (Wildman–Crippen LogP) is 2.13. The maximum Gasteiger partial charge on any atom is 0.317 e. The van der Waals surface area contributed by atoms with Gasteiger partial charge in [0.05, 0.1) is 12.6 Å². The maximum absolute atomic E-state index is 13.3. The largest absolute Gasteiger partial charge is 0.394 e. The van der Waals surface area contributed by atoms with Gasteiger partial charge in [-0.3, -0.25) is 0 Å². The summed E-state index contributed by atoms with van der Waals surface area (Å²) in [7, 11) is 1.63. The second-order valence-corrected chi connectivity index (χ2v) is 5.70. The zero-order chi connectivity index (χ0) is 15.3. The Morgan fingerprint density at radius 3 is 2.70 bits per heavy atom. The summed E-state index contributed by atoms with van der Waals surface area (Å²) in [6.07, 6.45) is 0. The van der Waals surface area contributed by atoms with Crippen molar-refractivity contribution in [1.82, 2.24) is 10.2 Å². The summed E-state index contributed by atoms with van der Waals surface area (Å²) in [6.45, 7) is 5.95. The summed E-state index contributed by atoms with van der Waals surface area (Å²) in [6, 6.07) is 5.88. The van der Waals surface area contributed by atoms with Gasteiger partial charge in [-0.2, -0.15) is 0 Å². The van der Waals surface area contributed by atoms with Gasteiger partial charge in [-0.1, -0.05) is 26.0 Å². The number of nitrogens with one attached hydrogen (secondary N) is 1. The number of rotatable bonds is 5. The van der Waals surface area contributed by atoms with Crippen molar-refractivity contribution in [2.75, 3.05) is 20.2 Å². The molecule has 0 heterocycles. The van der Waals surface area contributed by atoms with Crippen molar-refractivity contribution < 1.29 is 14.3 Å². The summed E-state index contributed by atoms with van der Waals surface area (Å²) in [5, 5.41) is 11.8. The van der Waals surface area contributed by atoms with Crippen LogP contribution < -0.4 is 5.32 Å². The van der Waals surface area contributed by atoms with Gasteiger partial charge in [0.1, 0.15) is 5.82 Å². The van der Waals surface area contributed by atoms with Crippen molar-refractivity contribution in [2.45, 2.75) is 32.2 Å². The summed E-state index contributed by atoms with van der Waals surface area (Å²) >= 11 is 0. The molecule has 0 aliphatic rings. The maximum atomic E-state index is 13.3. The molecule has 2 N–H and O–H groups in total. The molecule has 0 saturated heterocycles. The lowest BCUT2D eigenvalue weighted by molar-refractivity contribution is 0.156. The monoisotopic (exact) mass is 282 g/mol. The number of likely N-dealkylation sites (N-methyl/N-ethyl adjacent to an activating group) is 1. The van der Waals surface area contributed by atoms with Crippen molar-refractivity contribution >= 4 is 6.03 Å². The predicted molar refractivity (Wildman–Crippen MR) is 77.1 cm³/mol. The van der Waals surface area contributed by atoms with E-state index in [0.717, 1.165) is 5.56 Å². The summed E-state index contributed by atoms with van der Waals surface area (Å²) in [5.41, 5.74) is 0.455. The third-order valence-corrected chi connectivity index (χ3v) is 3.53. The van der Waals surface area contributed by atoms with E-state index in [9.17, 15) is 9.18 Å². The Kier molecular flexibility index (Phi) is 5.51. The molecule has 0 fully saturated rings. The number of carbonyl (C=O) groups is 1. The van der Waals surface area contributed by atoms with Crippen LogP contribution in [0.1, 0.15) is 26.3 Å². The Labute approximate surface area is 119 Å². The molecule has 1 atom stereocenters. The Balaban J connectivity index is 2.66. The van der Waals surface area contributed by atoms with Crippen LogP contribution in [0.5, 0.6) is 0 Å². The average Bonchev–Trinajstić information content (AvgIpc) is 2.43. The molecule has 2 amide bonds. The number of hydrogen-bond donors (Lipinski definition) is 2. The standard InChI is InChI=1S/C15H23FN2O2/c1-11(9-19)18(4)14(20)17-10-15(2,3)12-6-5-7-13(16)8-12/h5-8,11,19H,9-10H2,1-4H3,(H,17,20). The van der Waals surface area contributed by atoms with Crippen molar-refractivity contribution in [3.8, 4) is 0 Å². The molecule has 0 radical (unpaired) electrons. The van der Waals surface area contributed by atoms with Crippen molar-refractivity contribution in [1.29, 1.82) is 0 Å². The third kappa shape index (κ3) is 4.20. The lowest BCUT2D eigenvalue weighted by atomic mass is 9.84. The number of benzene rings is 1. The summed E-state index contributed by atoms with van der Waals surface area (Å²) in [4.78, 5) is 13.4. The smallest absolute Gasteiger partial charge is 0.317 e. The normalized spacial score (nSPS) is 12.9. The zero-order valence-electron chi connectivity index (χ0n) is 12.5. The van der Waals surface area contributed by atoms with Crippen molar-refractivity contribution in [3.05, 3.63) is 35.6 Å². The third-order valence-electron chi connectivity index (χ3n) is 3.53. The molecule has 0 aliphatic carbocycles. The number of aliphatic hydroxyl groups is 1. The molecule has 1 unspecified atom stereocenters. The van der Waals surface area contributed by atoms with E-state index in [0.29, 0.717) is 6.54 Å². The van der Waals surface area contributed by atoms with E-state index in [-0.39, 0.29) is 29.9 Å². The van der Waals surface area contributed by atoms with Crippen LogP contribution in [0, 0.1) is 5.82 Å². The first-order chi connectivity index (χ1) is 9.27. The molecular formula is C15H23FN2O2. The fraction of sp³-hybridized carbons (Fsp3) is 0.533. The molecule has 0 bridgehead atoms. The molecule has 1 aromatic rings. The highest BCUT2D eigenvalue weighted by Crippen LogP contribution is 2.22. The van der Waals surface area contributed by atoms with E-state index in [1.54, 1.807) is 20.0 Å². The van der Waals surface area contributed by atoms with E-state index in [1.165, 1.54) is 17.0 Å². The van der Waals surface area contributed by atoms with E-state index in [2.05, 4.69) is 5.32 Å². The molecule has 0 spiro atoms. The van der Waals surface area contributed by atoms with Gasteiger partial charge in [-0.25, -0.2) is 9.18 Å². The van der Waals surface area contributed by atoms with Gasteiger partial charge in [-0.15, -0.1) is 0 Å². The SMILES string of the molecule is CC(CO)N(C)C(=O)NCC(C)(C)c1cccc(F)c1. The number of nitrogens with zero attached hydrogens (tertiary/aromatic N) is 1. The minimum absolute atomic E-state index is 0.0861. The van der Waals surface area contributed by atoms with Gasteiger partial charge in [0.15, 0.2) is 0 Å². The van der Waals surface area contributed by atoms with Crippen LogP contribution in [-0.2, 0) is 5.41 Å². The van der Waals surface area contributed by atoms with Crippen LogP contribution in [0.25, 0.3) is 0 Å². The molecule has 0 saturated carbocycles. The van der Waals surface area contributed by atoms with Crippen LogP contribution in [0.3, 0.4) is 0 Å². The van der Waals surface area contributed by atoms with Crippen LogP contribution >= 0.6 is 0 Å². The molecule has 0 aliphatic heterocycles. The van der Waals surface area contributed by atoms with Gasteiger partial charge < -0.3 is 15.3 Å². The average molecular weight is 282 g/mol. The Hall–Kier alpha value is -1.62. The Bertz CT molecular complexity index is 463. The van der Waals surface area contributed by atoms with Crippen LogP contribution in [0.2, 0.25) is 0 Å². The minimum atomic E-state index is -0.374. The molecule has 1 aromatic carbocycles. The highest BCUT2D eigenvalue weighted by molar-refractivity contribution is 5.74. The first-order valence-corrected chi connectivity index (χ1v) is 6.65. The zero-order valence-corrected chi connectivity index (χ0v) is 12.5. The fourth-order valence-electron chi connectivity index (χ4n) is 1.76. The van der Waals surface area contributed by atoms with E-state index < -0.39 is 0 Å². The molecule has 5 heteroatoms. The van der Waals surface area contributed by atoms with E-state index >= 15 is 0 Å². The Morgan fingerprint density at radius 2 is 2.15 bits per heavy atom. The first kappa shape index (κ1) is 16.4. The second-order valence-electron chi connectivity index (χ2n) is 5.70. The number of urea groups is 1. The lowest BCUT2D eigenvalue weighted by Crippen LogP contribution is -2.47. The second kappa shape index (κ2) is 6.70. The van der Waals surface area contributed by atoms with Gasteiger partial charge in [0.25, 0.3) is 0 Å². The van der Waals surface area contributed by atoms with E-state index in [4.69, 9.17) is 5.11 Å². The van der Waals surface area contributed by atoms with Gasteiger partial charge in [0, 0.05) is 19.0 Å². The molecule has 4 nitrogen and oxygen atoms in total. The highest BCUT2D eigenvalue weighted by atomic mass is 19.1. The Morgan fingerprint density at radius 1 is 1.50 bits per heavy atom. The summed E-state index contributed by atoms with van der Waals surface area (Å²) in [5.74, 6) is -0.284. The number of amides is 2. The number of carbonyl (C=O) groups excluding carboxylic acids is 1. The van der Waals surface area contributed by atoms with Gasteiger partial charge in [-0.05, 0) is 24.6 Å². The highest BCUT2D eigenvalue weighted by Gasteiger charge is 2.23. The van der Waals surface area contributed by atoms with Crippen molar-refractivity contribution in [3.63, 3.8) is 0 Å². The molecule has 0 aromatic heterocycles. The molecule has 1 rings (SSSR count). The lowest BCUT2D eigenvalue weighted by Gasteiger charge is -2.29. The molecule has 20 heavy (non-hydrogen) atoms. The summed E-state index contributed by atoms with van der Waals surface area (Å²) < 4.78 is 13.3. The van der Waals surface area contributed by atoms with E-state index in [1.807, 2.05) is 19.9 Å². The minimum Gasteiger partial charge on any atom is -0.394 e. The van der Waals surface area contributed by atoms with Gasteiger partial charge in [0.2, 0.25) is 0 Å². The van der Waals surface area contributed by atoms with Crippen LogP contribution in [0.4, 0.5) is 9.18 Å². The number of hydrogen-bond acceptors (Lipinski definition) is 2. The first-order valence-electron chi connectivity index (χ1n) is 6.65. The fourth-order valence-corrected chi connectivity index (χ4v) is 1.76. The molecular weight excluding hydrogens is 259 g/mol. The van der Waals surface area contributed by atoms with Crippen molar-refractivity contribution in [2.24, 2.45) is 0 Å².